The maximum atomic E-state index is 4.20. The Morgan fingerprint density at radius 3 is 3.28 bits per heavy atom. The minimum atomic E-state index is 0.579. The van der Waals surface area contributed by atoms with Crippen molar-refractivity contribution in [2.24, 2.45) is 0 Å². The highest BCUT2D eigenvalue weighted by atomic mass is 32.1. The van der Waals surface area contributed by atoms with Crippen molar-refractivity contribution in [1.29, 1.82) is 0 Å². The number of aromatic nitrogens is 2. The van der Waals surface area contributed by atoms with E-state index >= 15 is 0 Å². The highest BCUT2D eigenvalue weighted by Gasteiger charge is 2.18. The van der Waals surface area contributed by atoms with Crippen LogP contribution in [0.5, 0.6) is 0 Å². The van der Waals surface area contributed by atoms with Crippen LogP contribution in [0.15, 0.2) is 23.0 Å². The van der Waals surface area contributed by atoms with Crippen LogP contribution in [0.25, 0.3) is 11.3 Å². The summed E-state index contributed by atoms with van der Waals surface area (Å²) in [7, 11) is 0. The van der Waals surface area contributed by atoms with Crippen LogP contribution in [0.4, 0.5) is 0 Å². The SMILES string of the molecule is CC1CN(Cc2cn[nH]c2-c2ccsc2)CCN1. The Morgan fingerprint density at radius 2 is 2.50 bits per heavy atom. The largest absolute Gasteiger partial charge is 0.312 e. The predicted octanol–water partition coefficient (Wildman–Crippen LogP) is 1.93. The summed E-state index contributed by atoms with van der Waals surface area (Å²) in [5.74, 6) is 0. The molecule has 1 saturated heterocycles. The maximum Gasteiger partial charge on any atom is 0.0703 e. The lowest BCUT2D eigenvalue weighted by Gasteiger charge is -2.31. The molecule has 0 aromatic carbocycles. The van der Waals surface area contributed by atoms with E-state index in [4.69, 9.17) is 0 Å². The topological polar surface area (TPSA) is 44.0 Å². The summed E-state index contributed by atoms with van der Waals surface area (Å²) in [5, 5.41) is 15.1. The second kappa shape index (κ2) is 5.22. The number of rotatable bonds is 3. The highest BCUT2D eigenvalue weighted by molar-refractivity contribution is 7.08. The van der Waals surface area contributed by atoms with E-state index in [1.54, 1.807) is 11.3 Å². The molecule has 2 aromatic heterocycles. The lowest BCUT2D eigenvalue weighted by Crippen LogP contribution is -2.48. The Labute approximate surface area is 111 Å². The monoisotopic (exact) mass is 262 g/mol. The van der Waals surface area contributed by atoms with Crippen molar-refractivity contribution in [3.8, 4) is 11.3 Å². The second-order valence-electron chi connectivity index (χ2n) is 4.87. The molecule has 0 radical (unpaired) electrons. The number of piperazine rings is 1. The molecule has 1 atom stereocenters. The summed E-state index contributed by atoms with van der Waals surface area (Å²) in [6.45, 7) is 6.51. The summed E-state index contributed by atoms with van der Waals surface area (Å²) in [5.41, 5.74) is 3.71. The van der Waals surface area contributed by atoms with Gasteiger partial charge in [0.05, 0.1) is 11.9 Å². The van der Waals surface area contributed by atoms with Crippen molar-refractivity contribution in [2.75, 3.05) is 19.6 Å². The van der Waals surface area contributed by atoms with E-state index in [1.807, 2.05) is 6.20 Å². The fourth-order valence-electron chi connectivity index (χ4n) is 2.48. The van der Waals surface area contributed by atoms with Crippen LogP contribution in [0.1, 0.15) is 12.5 Å². The van der Waals surface area contributed by atoms with Gasteiger partial charge in [0.15, 0.2) is 0 Å². The van der Waals surface area contributed by atoms with Gasteiger partial charge in [0.1, 0.15) is 0 Å². The van der Waals surface area contributed by atoms with Gasteiger partial charge in [-0.25, -0.2) is 0 Å². The molecule has 3 heterocycles. The van der Waals surface area contributed by atoms with Crippen molar-refractivity contribution in [1.82, 2.24) is 20.4 Å². The second-order valence-corrected chi connectivity index (χ2v) is 5.65. The van der Waals surface area contributed by atoms with Crippen molar-refractivity contribution < 1.29 is 0 Å². The molecule has 2 aromatic rings. The van der Waals surface area contributed by atoms with Gasteiger partial charge in [-0.05, 0) is 18.4 Å². The number of thiophene rings is 1. The minimum Gasteiger partial charge on any atom is -0.312 e. The van der Waals surface area contributed by atoms with Crippen LogP contribution in [0.2, 0.25) is 0 Å². The van der Waals surface area contributed by atoms with E-state index in [1.165, 1.54) is 16.8 Å². The molecule has 5 heteroatoms. The van der Waals surface area contributed by atoms with Crippen molar-refractivity contribution in [3.63, 3.8) is 0 Å². The summed E-state index contributed by atoms with van der Waals surface area (Å²) < 4.78 is 0. The molecule has 0 saturated carbocycles. The summed E-state index contributed by atoms with van der Waals surface area (Å²) in [6.07, 6.45) is 1.96. The highest BCUT2D eigenvalue weighted by Crippen LogP contribution is 2.24. The molecule has 1 aliphatic heterocycles. The molecule has 0 aliphatic carbocycles. The van der Waals surface area contributed by atoms with Gasteiger partial charge in [0.2, 0.25) is 0 Å². The lowest BCUT2D eigenvalue weighted by atomic mass is 10.1. The Morgan fingerprint density at radius 1 is 1.56 bits per heavy atom. The Bertz CT molecular complexity index is 491. The average molecular weight is 262 g/mol. The molecule has 3 rings (SSSR count). The van der Waals surface area contributed by atoms with E-state index in [2.05, 4.69) is 44.2 Å². The fraction of sp³-hybridized carbons (Fsp3) is 0.462. The fourth-order valence-corrected chi connectivity index (χ4v) is 3.13. The molecule has 0 spiro atoms. The van der Waals surface area contributed by atoms with Crippen LogP contribution in [0, 0.1) is 0 Å². The van der Waals surface area contributed by atoms with Crippen molar-refractivity contribution >= 4 is 11.3 Å². The smallest absolute Gasteiger partial charge is 0.0703 e. The number of aromatic amines is 1. The maximum absolute atomic E-state index is 4.20. The van der Waals surface area contributed by atoms with Gasteiger partial charge < -0.3 is 5.32 Å². The minimum absolute atomic E-state index is 0.579. The van der Waals surface area contributed by atoms with Crippen molar-refractivity contribution in [2.45, 2.75) is 19.5 Å². The zero-order valence-corrected chi connectivity index (χ0v) is 11.3. The lowest BCUT2D eigenvalue weighted by molar-refractivity contribution is 0.200. The first-order chi connectivity index (χ1) is 8.83. The van der Waals surface area contributed by atoms with Gasteiger partial charge in [0, 0.05) is 48.7 Å². The van der Waals surface area contributed by atoms with E-state index in [0.717, 1.165) is 26.2 Å². The standard InChI is InChI=1S/C13H18N4S/c1-10-7-17(4-3-14-10)8-12-6-15-16-13(12)11-2-5-18-9-11/h2,5-6,9-10,14H,3-4,7-8H2,1H3,(H,15,16). The van der Waals surface area contributed by atoms with E-state index in [9.17, 15) is 0 Å². The van der Waals surface area contributed by atoms with E-state index < -0.39 is 0 Å². The van der Waals surface area contributed by atoms with Crippen LogP contribution in [0.3, 0.4) is 0 Å². The van der Waals surface area contributed by atoms with Gasteiger partial charge in [-0.15, -0.1) is 0 Å². The Kier molecular flexibility index (Phi) is 3.45. The quantitative estimate of drug-likeness (QED) is 0.888. The molecular weight excluding hydrogens is 244 g/mol. The van der Waals surface area contributed by atoms with Crippen LogP contribution >= 0.6 is 11.3 Å². The summed E-state index contributed by atoms with van der Waals surface area (Å²) in [6, 6.07) is 2.72. The van der Waals surface area contributed by atoms with Gasteiger partial charge in [-0.3, -0.25) is 10.00 Å². The van der Waals surface area contributed by atoms with E-state index in [0.29, 0.717) is 6.04 Å². The normalized spacial score (nSPS) is 21.3. The molecule has 0 amide bonds. The first kappa shape index (κ1) is 11.9. The molecule has 0 bridgehead atoms. The molecule has 4 nitrogen and oxygen atoms in total. The van der Waals surface area contributed by atoms with Crippen LogP contribution in [-0.4, -0.2) is 40.8 Å². The summed E-state index contributed by atoms with van der Waals surface area (Å²) >= 11 is 1.72. The third-order valence-corrected chi connectivity index (χ3v) is 4.06. The first-order valence-corrected chi connectivity index (χ1v) is 7.28. The number of nitrogens with zero attached hydrogens (tertiary/aromatic N) is 2. The zero-order valence-electron chi connectivity index (χ0n) is 10.5. The molecule has 2 N–H and O–H groups in total. The zero-order chi connectivity index (χ0) is 12.4. The third-order valence-electron chi connectivity index (χ3n) is 3.37. The van der Waals surface area contributed by atoms with Gasteiger partial charge >= 0.3 is 0 Å². The number of H-pyrrole nitrogens is 1. The van der Waals surface area contributed by atoms with Crippen LogP contribution in [-0.2, 0) is 6.54 Å². The number of hydrogen-bond donors (Lipinski definition) is 2. The van der Waals surface area contributed by atoms with Gasteiger partial charge in [-0.1, -0.05) is 0 Å². The molecule has 1 fully saturated rings. The molecule has 1 aliphatic rings. The van der Waals surface area contributed by atoms with Crippen LogP contribution < -0.4 is 5.32 Å². The summed E-state index contributed by atoms with van der Waals surface area (Å²) in [4.78, 5) is 2.49. The molecule has 96 valence electrons. The van der Waals surface area contributed by atoms with Gasteiger partial charge in [-0.2, -0.15) is 16.4 Å². The molecular formula is C13H18N4S. The number of hydrogen-bond acceptors (Lipinski definition) is 4. The molecule has 18 heavy (non-hydrogen) atoms. The van der Waals surface area contributed by atoms with E-state index in [-0.39, 0.29) is 0 Å². The molecule has 1 unspecified atom stereocenters. The predicted molar refractivity (Wildman–Crippen MR) is 74.6 cm³/mol. The number of nitrogens with one attached hydrogen (secondary N) is 2. The first-order valence-electron chi connectivity index (χ1n) is 6.33. The average Bonchev–Trinajstić information content (AvgIpc) is 2.98. The Hall–Kier alpha value is -1.17. The Balaban J connectivity index is 1.75. The van der Waals surface area contributed by atoms with Gasteiger partial charge in [0.25, 0.3) is 0 Å². The van der Waals surface area contributed by atoms with Crippen molar-refractivity contribution in [3.05, 3.63) is 28.6 Å². The third kappa shape index (κ3) is 2.48.